The zero-order valence-electron chi connectivity index (χ0n) is 14.9. The highest BCUT2D eigenvalue weighted by Gasteiger charge is 2.21. The molecule has 24 heavy (non-hydrogen) atoms. The number of carboxylic acid groups (broad SMARTS) is 1. The molecular weight excluding hydrogens is 328 g/mol. The number of sulfonamides is 1. The Balaban J connectivity index is 2.75. The maximum absolute atomic E-state index is 12.5. The minimum absolute atomic E-state index is 0.0259. The first kappa shape index (κ1) is 20.6. The third-order valence-electron chi connectivity index (χ3n) is 4.09. The van der Waals surface area contributed by atoms with Crippen LogP contribution in [0.1, 0.15) is 49.5 Å². The van der Waals surface area contributed by atoms with Crippen LogP contribution in [0.4, 0.5) is 0 Å². The summed E-state index contributed by atoms with van der Waals surface area (Å²) in [5, 5.41) is 9.04. The van der Waals surface area contributed by atoms with E-state index in [0.717, 1.165) is 32.5 Å². The monoisotopic (exact) mass is 356 g/mol. The molecule has 0 bridgehead atoms. The van der Waals surface area contributed by atoms with Gasteiger partial charge >= 0.3 is 5.97 Å². The Morgan fingerprint density at radius 2 is 1.92 bits per heavy atom. The van der Waals surface area contributed by atoms with E-state index < -0.39 is 16.0 Å². The minimum atomic E-state index is -3.73. The molecule has 136 valence electrons. The Bertz CT molecular complexity index is 655. The molecule has 2 N–H and O–H groups in total. The lowest BCUT2D eigenvalue weighted by molar-refractivity contribution is 0.0696. The Morgan fingerprint density at radius 3 is 2.46 bits per heavy atom. The molecule has 0 aliphatic carbocycles. The number of carboxylic acids is 1. The SMILES string of the molecule is CCN(CC)CCCC(C)NS(=O)(=O)c1cc(C(=O)O)ccc1C. The largest absolute Gasteiger partial charge is 0.478 e. The fourth-order valence-corrected chi connectivity index (χ4v) is 4.12. The van der Waals surface area contributed by atoms with Crippen LogP contribution >= 0.6 is 0 Å². The fraction of sp³-hybridized carbons (Fsp3) is 0.588. The second-order valence-corrected chi connectivity index (χ2v) is 7.66. The molecule has 0 aliphatic rings. The molecule has 0 saturated carbocycles. The van der Waals surface area contributed by atoms with E-state index in [-0.39, 0.29) is 16.5 Å². The zero-order valence-corrected chi connectivity index (χ0v) is 15.7. The number of hydrogen-bond donors (Lipinski definition) is 2. The first-order chi connectivity index (χ1) is 11.2. The van der Waals surface area contributed by atoms with Gasteiger partial charge in [-0.3, -0.25) is 0 Å². The fourth-order valence-electron chi connectivity index (χ4n) is 2.57. The van der Waals surface area contributed by atoms with Crippen molar-refractivity contribution in [2.45, 2.75) is 51.5 Å². The molecule has 0 saturated heterocycles. The Hall–Kier alpha value is -1.44. The summed E-state index contributed by atoms with van der Waals surface area (Å²) in [7, 11) is -3.73. The Morgan fingerprint density at radius 1 is 1.29 bits per heavy atom. The number of hydrogen-bond acceptors (Lipinski definition) is 4. The van der Waals surface area contributed by atoms with Gasteiger partial charge in [-0.2, -0.15) is 0 Å². The van der Waals surface area contributed by atoms with Crippen molar-refractivity contribution < 1.29 is 18.3 Å². The topological polar surface area (TPSA) is 86.7 Å². The van der Waals surface area contributed by atoms with Gasteiger partial charge in [-0.25, -0.2) is 17.9 Å². The van der Waals surface area contributed by atoms with Crippen LogP contribution in [-0.4, -0.2) is 50.1 Å². The van der Waals surface area contributed by atoms with Crippen molar-refractivity contribution in [1.29, 1.82) is 0 Å². The van der Waals surface area contributed by atoms with E-state index in [2.05, 4.69) is 23.5 Å². The summed E-state index contributed by atoms with van der Waals surface area (Å²) in [5.74, 6) is -1.14. The molecule has 6 nitrogen and oxygen atoms in total. The molecule has 0 spiro atoms. The van der Waals surface area contributed by atoms with Crippen LogP contribution in [0.3, 0.4) is 0 Å². The third kappa shape index (κ3) is 5.89. The van der Waals surface area contributed by atoms with E-state index >= 15 is 0 Å². The molecule has 7 heteroatoms. The summed E-state index contributed by atoms with van der Waals surface area (Å²) >= 11 is 0. The normalized spacial score (nSPS) is 13.2. The second kappa shape index (κ2) is 9.15. The Kier molecular flexibility index (Phi) is 7.86. The van der Waals surface area contributed by atoms with Gasteiger partial charge in [0.05, 0.1) is 10.5 Å². The van der Waals surface area contributed by atoms with Gasteiger partial charge < -0.3 is 10.0 Å². The van der Waals surface area contributed by atoms with Crippen LogP contribution in [-0.2, 0) is 10.0 Å². The smallest absolute Gasteiger partial charge is 0.335 e. The number of carbonyl (C=O) groups is 1. The molecule has 1 unspecified atom stereocenters. The van der Waals surface area contributed by atoms with Gasteiger partial charge in [-0.1, -0.05) is 19.9 Å². The maximum Gasteiger partial charge on any atom is 0.335 e. The van der Waals surface area contributed by atoms with Crippen molar-refractivity contribution in [1.82, 2.24) is 9.62 Å². The summed E-state index contributed by atoms with van der Waals surface area (Å²) in [4.78, 5) is 13.4. The van der Waals surface area contributed by atoms with Crippen LogP contribution in [0.2, 0.25) is 0 Å². The number of nitrogens with zero attached hydrogens (tertiary/aromatic N) is 1. The van der Waals surface area contributed by atoms with Crippen molar-refractivity contribution >= 4 is 16.0 Å². The van der Waals surface area contributed by atoms with Crippen molar-refractivity contribution in [3.05, 3.63) is 29.3 Å². The summed E-state index contributed by atoms with van der Waals surface area (Å²) < 4.78 is 27.7. The van der Waals surface area contributed by atoms with Crippen LogP contribution in [0.15, 0.2) is 23.1 Å². The Labute approximate surface area is 144 Å². The predicted octanol–water partition coefficient (Wildman–Crippen LogP) is 2.48. The van der Waals surface area contributed by atoms with Crippen molar-refractivity contribution in [3.8, 4) is 0 Å². The van der Waals surface area contributed by atoms with Crippen molar-refractivity contribution in [3.63, 3.8) is 0 Å². The molecule has 0 fully saturated rings. The number of aryl methyl sites for hydroxylation is 1. The summed E-state index contributed by atoms with van der Waals surface area (Å²) in [6.45, 7) is 10.6. The summed E-state index contributed by atoms with van der Waals surface area (Å²) in [6.07, 6.45) is 1.63. The summed E-state index contributed by atoms with van der Waals surface area (Å²) in [6, 6.07) is 3.93. The predicted molar refractivity (Wildman–Crippen MR) is 94.9 cm³/mol. The first-order valence-corrected chi connectivity index (χ1v) is 9.78. The van der Waals surface area contributed by atoms with Gasteiger partial charge in [0.1, 0.15) is 0 Å². The number of rotatable bonds is 10. The first-order valence-electron chi connectivity index (χ1n) is 8.29. The van der Waals surface area contributed by atoms with E-state index in [9.17, 15) is 13.2 Å². The lowest BCUT2D eigenvalue weighted by Crippen LogP contribution is -2.34. The van der Waals surface area contributed by atoms with E-state index in [4.69, 9.17) is 5.11 Å². The molecule has 1 atom stereocenters. The quantitative estimate of drug-likeness (QED) is 0.672. The molecule has 0 radical (unpaired) electrons. The highest BCUT2D eigenvalue weighted by Crippen LogP contribution is 2.18. The molecule has 0 amide bonds. The maximum atomic E-state index is 12.5. The lowest BCUT2D eigenvalue weighted by atomic mass is 10.1. The average Bonchev–Trinajstić information content (AvgIpc) is 2.51. The van der Waals surface area contributed by atoms with Crippen LogP contribution in [0, 0.1) is 6.92 Å². The van der Waals surface area contributed by atoms with Crippen LogP contribution < -0.4 is 4.72 Å². The molecular formula is C17H28N2O4S. The number of benzene rings is 1. The van der Waals surface area contributed by atoms with Crippen LogP contribution in [0.25, 0.3) is 0 Å². The van der Waals surface area contributed by atoms with E-state index in [1.807, 2.05) is 6.92 Å². The van der Waals surface area contributed by atoms with Gasteiger partial charge in [0.2, 0.25) is 10.0 Å². The molecule has 1 aromatic rings. The highest BCUT2D eigenvalue weighted by molar-refractivity contribution is 7.89. The minimum Gasteiger partial charge on any atom is -0.478 e. The molecule has 1 aromatic carbocycles. The zero-order chi connectivity index (χ0) is 18.3. The summed E-state index contributed by atoms with van der Waals surface area (Å²) in [5.41, 5.74) is 0.498. The molecule has 1 rings (SSSR count). The average molecular weight is 356 g/mol. The van der Waals surface area contributed by atoms with Gasteiger partial charge in [-0.05, 0) is 64.0 Å². The molecule has 0 heterocycles. The van der Waals surface area contributed by atoms with E-state index in [1.165, 1.54) is 18.2 Å². The number of aromatic carboxylic acids is 1. The highest BCUT2D eigenvalue weighted by atomic mass is 32.2. The molecule has 0 aliphatic heterocycles. The van der Waals surface area contributed by atoms with Gasteiger partial charge in [-0.15, -0.1) is 0 Å². The van der Waals surface area contributed by atoms with E-state index in [1.54, 1.807) is 6.92 Å². The van der Waals surface area contributed by atoms with Crippen LogP contribution in [0.5, 0.6) is 0 Å². The second-order valence-electron chi connectivity index (χ2n) is 5.98. The standard InChI is InChI=1S/C17H28N2O4S/c1-5-19(6-2)11-7-8-14(4)18-24(22,23)16-12-15(17(20)21)10-9-13(16)3/h9-10,12,14,18H,5-8,11H2,1-4H3,(H,20,21). The molecule has 0 aromatic heterocycles. The van der Waals surface area contributed by atoms with Gasteiger partial charge in [0, 0.05) is 6.04 Å². The number of nitrogens with one attached hydrogen (secondary N) is 1. The van der Waals surface area contributed by atoms with E-state index in [0.29, 0.717) is 5.56 Å². The van der Waals surface area contributed by atoms with Gasteiger partial charge in [0.25, 0.3) is 0 Å². The van der Waals surface area contributed by atoms with Crippen molar-refractivity contribution in [2.75, 3.05) is 19.6 Å². The third-order valence-corrected chi connectivity index (χ3v) is 5.82. The van der Waals surface area contributed by atoms with Crippen molar-refractivity contribution in [2.24, 2.45) is 0 Å². The van der Waals surface area contributed by atoms with Gasteiger partial charge in [0.15, 0.2) is 0 Å². The lowest BCUT2D eigenvalue weighted by Gasteiger charge is -2.20.